The maximum Gasteiger partial charge on any atom is 0.416 e. The second kappa shape index (κ2) is 11.2. The van der Waals surface area contributed by atoms with Crippen molar-refractivity contribution in [2.45, 2.75) is 25.1 Å². The molecule has 2 aliphatic rings. The number of hydrogen-bond donors (Lipinski definition) is 1. The van der Waals surface area contributed by atoms with Crippen molar-refractivity contribution in [3.8, 4) is 0 Å². The average molecular weight is 442 g/mol. The highest BCUT2D eigenvalue weighted by atomic mass is 19.4. The van der Waals surface area contributed by atoms with E-state index in [1.165, 1.54) is 18.6 Å². The monoisotopic (exact) mass is 441 g/mol. The molecule has 0 spiro atoms. The van der Waals surface area contributed by atoms with Gasteiger partial charge in [0.15, 0.2) is 5.96 Å². The summed E-state index contributed by atoms with van der Waals surface area (Å²) >= 11 is 0. The van der Waals surface area contributed by atoms with Crippen LogP contribution in [-0.4, -0.2) is 93.7 Å². The largest absolute Gasteiger partial charge is 0.416 e. The molecule has 0 bridgehead atoms. The number of nitrogens with one attached hydrogen (secondary N) is 1. The van der Waals surface area contributed by atoms with Gasteiger partial charge in [0.05, 0.1) is 18.7 Å². The van der Waals surface area contributed by atoms with Crippen LogP contribution in [0, 0.1) is 0 Å². The van der Waals surface area contributed by atoms with E-state index >= 15 is 0 Å². The number of benzene rings is 1. The number of morpholine rings is 1. The summed E-state index contributed by atoms with van der Waals surface area (Å²) in [5.41, 5.74) is -0.103. The minimum atomic E-state index is -4.36. The molecular weight excluding hydrogens is 407 g/mol. The predicted molar refractivity (Wildman–Crippen MR) is 116 cm³/mol. The molecule has 0 amide bonds. The SMILES string of the molecule is CN=C(NCCCN1CCCN(C)CC1)N1CCOC(c2cccc(C(F)(F)F)c2)C1. The fourth-order valence-corrected chi connectivity index (χ4v) is 4.12. The Bertz CT molecular complexity index is 727. The van der Waals surface area contributed by atoms with Crippen molar-refractivity contribution >= 4 is 5.96 Å². The maximum absolute atomic E-state index is 13.1. The topological polar surface area (TPSA) is 43.3 Å². The number of nitrogens with zero attached hydrogens (tertiary/aromatic N) is 4. The summed E-state index contributed by atoms with van der Waals surface area (Å²) in [5, 5.41) is 3.41. The first kappa shape index (κ1) is 23.8. The Morgan fingerprint density at radius 3 is 2.81 bits per heavy atom. The molecule has 1 unspecified atom stereocenters. The van der Waals surface area contributed by atoms with Gasteiger partial charge in [0.2, 0.25) is 0 Å². The van der Waals surface area contributed by atoms with Crippen LogP contribution in [0.3, 0.4) is 0 Å². The lowest BCUT2D eigenvalue weighted by atomic mass is 10.0. The average Bonchev–Trinajstić information content (AvgIpc) is 2.97. The first-order chi connectivity index (χ1) is 14.9. The van der Waals surface area contributed by atoms with E-state index in [0.29, 0.717) is 25.3 Å². The molecule has 9 heteroatoms. The van der Waals surface area contributed by atoms with E-state index in [-0.39, 0.29) is 0 Å². The van der Waals surface area contributed by atoms with Crippen molar-refractivity contribution < 1.29 is 17.9 Å². The molecular formula is C22H34F3N5O. The molecule has 0 aliphatic carbocycles. The van der Waals surface area contributed by atoms with Gasteiger partial charge >= 0.3 is 6.18 Å². The van der Waals surface area contributed by atoms with Crippen LogP contribution in [0.5, 0.6) is 0 Å². The molecule has 2 aliphatic heterocycles. The van der Waals surface area contributed by atoms with Gasteiger partial charge in [0, 0.05) is 33.2 Å². The van der Waals surface area contributed by atoms with Crippen LogP contribution in [0.15, 0.2) is 29.3 Å². The van der Waals surface area contributed by atoms with Crippen LogP contribution in [0.2, 0.25) is 0 Å². The molecule has 3 rings (SSSR count). The summed E-state index contributed by atoms with van der Waals surface area (Å²) in [5.74, 6) is 0.774. The highest BCUT2D eigenvalue weighted by molar-refractivity contribution is 5.80. The van der Waals surface area contributed by atoms with E-state index in [2.05, 4.69) is 32.1 Å². The van der Waals surface area contributed by atoms with Crippen molar-refractivity contribution in [2.24, 2.45) is 4.99 Å². The fraction of sp³-hybridized carbons (Fsp3) is 0.682. The van der Waals surface area contributed by atoms with Crippen molar-refractivity contribution in [2.75, 3.05) is 73.1 Å². The second-order valence-electron chi connectivity index (χ2n) is 8.25. The highest BCUT2D eigenvalue weighted by Crippen LogP contribution is 2.32. The summed E-state index contributed by atoms with van der Waals surface area (Å²) in [7, 11) is 3.91. The zero-order valence-electron chi connectivity index (χ0n) is 18.5. The Kier molecular flexibility index (Phi) is 8.57. The fourth-order valence-electron chi connectivity index (χ4n) is 4.12. The molecule has 1 aromatic rings. The normalized spacial score (nSPS) is 22.4. The molecule has 2 fully saturated rings. The van der Waals surface area contributed by atoms with Crippen LogP contribution < -0.4 is 5.32 Å². The Morgan fingerprint density at radius 1 is 1.19 bits per heavy atom. The minimum Gasteiger partial charge on any atom is -0.370 e. The Labute approximate surface area is 183 Å². The van der Waals surface area contributed by atoms with E-state index in [1.807, 2.05) is 0 Å². The summed E-state index contributed by atoms with van der Waals surface area (Å²) in [6.07, 6.45) is -2.55. The molecule has 1 atom stereocenters. The van der Waals surface area contributed by atoms with Gasteiger partial charge in [0.1, 0.15) is 6.10 Å². The Balaban J connectivity index is 1.49. The van der Waals surface area contributed by atoms with Gasteiger partial charge in [-0.1, -0.05) is 12.1 Å². The molecule has 31 heavy (non-hydrogen) atoms. The number of guanidine groups is 1. The van der Waals surface area contributed by atoms with Crippen LogP contribution in [0.1, 0.15) is 30.1 Å². The number of alkyl halides is 3. The summed E-state index contributed by atoms with van der Waals surface area (Å²) in [6, 6.07) is 5.41. The third-order valence-corrected chi connectivity index (χ3v) is 5.91. The van der Waals surface area contributed by atoms with Gasteiger partial charge in [0.25, 0.3) is 0 Å². The molecule has 1 aromatic carbocycles. The van der Waals surface area contributed by atoms with E-state index in [1.54, 1.807) is 13.1 Å². The Morgan fingerprint density at radius 2 is 2.03 bits per heavy atom. The molecule has 2 heterocycles. The van der Waals surface area contributed by atoms with Crippen molar-refractivity contribution in [3.63, 3.8) is 0 Å². The number of hydrogen-bond acceptors (Lipinski definition) is 4. The summed E-state index contributed by atoms with van der Waals surface area (Å²) in [4.78, 5) is 11.3. The lowest BCUT2D eigenvalue weighted by molar-refractivity contribution is -0.137. The highest BCUT2D eigenvalue weighted by Gasteiger charge is 2.32. The number of likely N-dealkylation sites (N-methyl/N-ethyl adjacent to an activating group) is 1. The van der Waals surface area contributed by atoms with E-state index < -0.39 is 17.8 Å². The molecule has 2 saturated heterocycles. The second-order valence-corrected chi connectivity index (χ2v) is 8.25. The van der Waals surface area contributed by atoms with Gasteiger partial charge in [-0.15, -0.1) is 0 Å². The molecule has 0 aromatic heterocycles. The van der Waals surface area contributed by atoms with Gasteiger partial charge < -0.3 is 24.8 Å². The van der Waals surface area contributed by atoms with E-state index in [4.69, 9.17) is 4.74 Å². The lowest BCUT2D eigenvalue weighted by Crippen LogP contribution is -2.48. The number of aliphatic imine (C=N–C) groups is 1. The maximum atomic E-state index is 13.1. The van der Waals surface area contributed by atoms with E-state index in [9.17, 15) is 13.2 Å². The lowest BCUT2D eigenvalue weighted by Gasteiger charge is -2.35. The number of halogens is 3. The van der Waals surface area contributed by atoms with Crippen LogP contribution in [0.25, 0.3) is 0 Å². The third-order valence-electron chi connectivity index (χ3n) is 5.91. The summed E-state index contributed by atoms with van der Waals surface area (Å²) in [6.45, 7) is 7.95. The standard InChI is InChI=1S/C22H34F3N5O/c1-26-21(27-8-4-10-29-11-5-9-28(2)12-13-29)30-14-15-31-20(17-30)18-6-3-7-19(16-18)22(23,24)25/h3,6-7,16,20H,4-5,8-15,17H2,1-2H3,(H,26,27). The Hall–Kier alpha value is -1.84. The smallest absolute Gasteiger partial charge is 0.370 e. The minimum absolute atomic E-state index is 0.413. The van der Waals surface area contributed by atoms with E-state index in [0.717, 1.165) is 57.7 Å². The quantitative estimate of drug-likeness (QED) is 0.432. The zero-order chi connectivity index (χ0) is 22.3. The first-order valence-corrected chi connectivity index (χ1v) is 11.0. The van der Waals surface area contributed by atoms with Crippen molar-refractivity contribution in [1.82, 2.24) is 20.0 Å². The molecule has 6 nitrogen and oxygen atoms in total. The van der Waals surface area contributed by atoms with Crippen molar-refractivity contribution in [1.29, 1.82) is 0 Å². The molecule has 174 valence electrons. The zero-order valence-corrected chi connectivity index (χ0v) is 18.5. The van der Waals surface area contributed by atoms with Gasteiger partial charge in [-0.3, -0.25) is 4.99 Å². The summed E-state index contributed by atoms with van der Waals surface area (Å²) < 4.78 is 45.0. The van der Waals surface area contributed by atoms with Gasteiger partial charge in [-0.25, -0.2) is 0 Å². The number of ether oxygens (including phenoxy) is 1. The molecule has 0 radical (unpaired) electrons. The third kappa shape index (κ3) is 7.08. The van der Waals surface area contributed by atoms with Crippen molar-refractivity contribution in [3.05, 3.63) is 35.4 Å². The first-order valence-electron chi connectivity index (χ1n) is 11.0. The number of rotatable bonds is 5. The van der Waals surface area contributed by atoms with Crippen LogP contribution >= 0.6 is 0 Å². The van der Waals surface area contributed by atoms with Crippen LogP contribution in [0.4, 0.5) is 13.2 Å². The van der Waals surface area contributed by atoms with Gasteiger partial charge in [-0.05, 0) is 57.2 Å². The molecule has 0 saturated carbocycles. The van der Waals surface area contributed by atoms with Gasteiger partial charge in [-0.2, -0.15) is 13.2 Å². The van der Waals surface area contributed by atoms with Crippen LogP contribution in [-0.2, 0) is 10.9 Å². The molecule has 1 N–H and O–H groups in total. The predicted octanol–water partition coefficient (Wildman–Crippen LogP) is 2.68.